The van der Waals surface area contributed by atoms with Gasteiger partial charge in [-0.15, -0.1) is 5.11 Å². The average molecular weight is 373 g/mol. The van der Waals surface area contributed by atoms with Crippen LogP contribution in [0.25, 0.3) is 16.9 Å². The molecule has 8 heteroatoms. The molecule has 0 saturated carbocycles. The molecule has 0 bridgehead atoms. The number of aromatic amines is 1. The third kappa shape index (κ3) is 2.90. The summed E-state index contributed by atoms with van der Waals surface area (Å²) in [6.07, 6.45) is 0. The van der Waals surface area contributed by atoms with Crippen molar-refractivity contribution in [3.8, 4) is 16.9 Å². The van der Waals surface area contributed by atoms with Crippen molar-refractivity contribution < 1.29 is 0 Å². The minimum Gasteiger partial charge on any atom is -0.380 e. The van der Waals surface area contributed by atoms with Crippen molar-refractivity contribution in [3.05, 3.63) is 76.7 Å². The fourth-order valence-corrected chi connectivity index (χ4v) is 3.08. The van der Waals surface area contributed by atoms with Crippen molar-refractivity contribution in [3.63, 3.8) is 0 Å². The first kappa shape index (κ1) is 17.5. The summed E-state index contributed by atoms with van der Waals surface area (Å²) in [5.74, 6) is 0.184. The van der Waals surface area contributed by atoms with Gasteiger partial charge in [0.25, 0.3) is 5.56 Å². The largest absolute Gasteiger partial charge is 0.380 e. The molecule has 28 heavy (non-hydrogen) atoms. The van der Waals surface area contributed by atoms with Gasteiger partial charge in [-0.2, -0.15) is 10.2 Å². The number of H-pyrrole nitrogens is 1. The van der Waals surface area contributed by atoms with E-state index in [9.17, 15) is 4.79 Å². The predicted octanol–water partition coefficient (Wildman–Crippen LogP) is 3.87. The summed E-state index contributed by atoms with van der Waals surface area (Å²) in [7, 11) is 1.83. The Balaban J connectivity index is 1.86. The third-order valence-electron chi connectivity index (χ3n) is 4.59. The highest BCUT2D eigenvalue weighted by Gasteiger charge is 2.23. The van der Waals surface area contributed by atoms with E-state index < -0.39 is 0 Å². The van der Waals surface area contributed by atoms with Crippen LogP contribution in [-0.2, 0) is 7.05 Å². The second kappa shape index (κ2) is 6.99. The minimum absolute atomic E-state index is 0.184. The smallest absolute Gasteiger partial charge is 0.281 e. The standard InChI is InChI=1S/C20H19N7O/c1-13-16(20(28)27(26(13)2)15-11-7-4-8-12-15)17-18(19(21)25-23-17)24-22-14-9-5-3-6-10-14/h3-12H,1-2H3,(H3,21,23,25). The van der Waals surface area contributed by atoms with Gasteiger partial charge < -0.3 is 5.73 Å². The second-order valence-electron chi connectivity index (χ2n) is 6.30. The molecular weight excluding hydrogens is 354 g/mol. The molecule has 140 valence electrons. The summed E-state index contributed by atoms with van der Waals surface area (Å²) >= 11 is 0. The average Bonchev–Trinajstić information content (AvgIpc) is 3.18. The first-order chi connectivity index (χ1) is 13.6. The highest BCUT2D eigenvalue weighted by Crippen LogP contribution is 2.34. The molecule has 0 saturated heterocycles. The van der Waals surface area contributed by atoms with Gasteiger partial charge in [-0.3, -0.25) is 14.6 Å². The molecule has 0 spiro atoms. The van der Waals surface area contributed by atoms with E-state index in [-0.39, 0.29) is 11.4 Å². The lowest BCUT2D eigenvalue weighted by molar-refractivity contribution is 0.630. The van der Waals surface area contributed by atoms with Gasteiger partial charge in [-0.1, -0.05) is 36.4 Å². The Morgan fingerprint density at radius 2 is 1.64 bits per heavy atom. The van der Waals surface area contributed by atoms with Crippen LogP contribution >= 0.6 is 0 Å². The monoisotopic (exact) mass is 373 g/mol. The number of nitrogens with zero attached hydrogens (tertiary/aromatic N) is 5. The van der Waals surface area contributed by atoms with Gasteiger partial charge in [0.1, 0.15) is 5.69 Å². The highest BCUT2D eigenvalue weighted by molar-refractivity contribution is 5.80. The minimum atomic E-state index is -0.189. The fraction of sp³-hybridized carbons (Fsp3) is 0.100. The van der Waals surface area contributed by atoms with Gasteiger partial charge in [0.2, 0.25) is 0 Å². The third-order valence-corrected chi connectivity index (χ3v) is 4.59. The van der Waals surface area contributed by atoms with Crippen LogP contribution in [0.1, 0.15) is 5.69 Å². The Morgan fingerprint density at radius 3 is 2.32 bits per heavy atom. The molecule has 3 N–H and O–H groups in total. The van der Waals surface area contributed by atoms with Crippen LogP contribution in [0, 0.1) is 6.92 Å². The van der Waals surface area contributed by atoms with Crippen LogP contribution in [0.4, 0.5) is 17.2 Å². The molecule has 2 heterocycles. The number of hydrogen-bond donors (Lipinski definition) is 2. The number of azo groups is 1. The number of hydrogen-bond acceptors (Lipinski definition) is 5. The van der Waals surface area contributed by atoms with E-state index in [0.717, 1.165) is 11.4 Å². The lowest BCUT2D eigenvalue weighted by Gasteiger charge is -2.07. The maximum atomic E-state index is 13.2. The molecule has 0 radical (unpaired) electrons. The number of nitrogens with one attached hydrogen (secondary N) is 1. The van der Waals surface area contributed by atoms with Crippen LogP contribution < -0.4 is 11.3 Å². The molecule has 0 aliphatic heterocycles. The van der Waals surface area contributed by atoms with Gasteiger partial charge in [-0.05, 0) is 31.2 Å². The first-order valence-electron chi connectivity index (χ1n) is 8.73. The topological polar surface area (TPSA) is 106 Å². The number of nitrogens with two attached hydrogens (primary N) is 1. The number of para-hydroxylation sites is 1. The van der Waals surface area contributed by atoms with Crippen molar-refractivity contribution in [1.29, 1.82) is 0 Å². The van der Waals surface area contributed by atoms with Gasteiger partial charge in [0.05, 0.1) is 16.9 Å². The zero-order chi connectivity index (χ0) is 19.7. The zero-order valence-electron chi connectivity index (χ0n) is 15.5. The van der Waals surface area contributed by atoms with Gasteiger partial charge >= 0.3 is 0 Å². The van der Waals surface area contributed by atoms with E-state index in [0.29, 0.717) is 22.6 Å². The summed E-state index contributed by atoms with van der Waals surface area (Å²) in [6.45, 7) is 1.87. The number of rotatable bonds is 4. The quantitative estimate of drug-likeness (QED) is 0.530. The number of aromatic nitrogens is 4. The van der Waals surface area contributed by atoms with Crippen molar-refractivity contribution in [2.45, 2.75) is 6.92 Å². The Hall–Kier alpha value is -3.94. The molecule has 4 aromatic rings. The first-order valence-corrected chi connectivity index (χ1v) is 8.73. The van der Waals surface area contributed by atoms with E-state index in [2.05, 4.69) is 20.4 Å². The van der Waals surface area contributed by atoms with Crippen LogP contribution in [0.2, 0.25) is 0 Å². The van der Waals surface area contributed by atoms with E-state index in [1.165, 1.54) is 0 Å². The molecule has 4 rings (SSSR count). The van der Waals surface area contributed by atoms with Crippen molar-refractivity contribution in [2.24, 2.45) is 17.3 Å². The summed E-state index contributed by atoms with van der Waals surface area (Å²) in [4.78, 5) is 13.2. The summed E-state index contributed by atoms with van der Waals surface area (Å²) in [5.41, 5.74) is 9.25. The molecule has 0 unspecified atom stereocenters. The normalized spacial score (nSPS) is 11.4. The number of anilines is 1. The maximum absolute atomic E-state index is 13.2. The zero-order valence-corrected chi connectivity index (χ0v) is 15.5. The van der Waals surface area contributed by atoms with Crippen LogP contribution in [0.5, 0.6) is 0 Å². The van der Waals surface area contributed by atoms with Gasteiger partial charge in [-0.25, -0.2) is 4.68 Å². The summed E-state index contributed by atoms with van der Waals surface area (Å²) < 4.78 is 3.39. The van der Waals surface area contributed by atoms with Crippen LogP contribution in [0.15, 0.2) is 75.7 Å². The summed E-state index contributed by atoms with van der Waals surface area (Å²) in [5, 5.41) is 15.4. The molecule has 0 amide bonds. The van der Waals surface area contributed by atoms with Crippen LogP contribution in [-0.4, -0.2) is 19.6 Å². The molecule has 2 aromatic carbocycles. The Kier molecular flexibility index (Phi) is 4.36. The Bertz CT molecular complexity index is 1200. The van der Waals surface area contributed by atoms with Gasteiger partial charge in [0, 0.05) is 12.7 Å². The number of benzene rings is 2. The molecule has 0 fully saturated rings. The fourth-order valence-electron chi connectivity index (χ4n) is 3.08. The lowest BCUT2D eigenvalue weighted by atomic mass is 10.1. The second-order valence-corrected chi connectivity index (χ2v) is 6.30. The molecule has 0 atom stereocenters. The van der Waals surface area contributed by atoms with Crippen molar-refractivity contribution in [2.75, 3.05) is 5.73 Å². The molecule has 2 aromatic heterocycles. The molecular formula is C20H19N7O. The summed E-state index contributed by atoms with van der Waals surface area (Å²) in [6, 6.07) is 18.7. The van der Waals surface area contributed by atoms with E-state index >= 15 is 0 Å². The predicted molar refractivity (Wildman–Crippen MR) is 108 cm³/mol. The maximum Gasteiger partial charge on any atom is 0.281 e. The van der Waals surface area contributed by atoms with Crippen molar-refractivity contribution >= 4 is 17.2 Å². The SMILES string of the molecule is Cc1c(-c2[nH]nc(N)c2N=Nc2ccccc2)c(=O)n(-c2ccccc2)n1C. The number of nitrogen functional groups attached to an aromatic ring is 1. The van der Waals surface area contributed by atoms with Crippen molar-refractivity contribution in [1.82, 2.24) is 19.6 Å². The Morgan fingerprint density at radius 1 is 1.00 bits per heavy atom. The van der Waals surface area contributed by atoms with E-state index in [1.54, 1.807) is 9.36 Å². The molecule has 0 aliphatic carbocycles. The van der Waals surface area contributed by atoms with Crippen LogP contribution in [0.3, 0.4) is 0 Å². The molecule has 0 aliphatic rings. The van der Waals surface area contributed by atoms with E-state index in [1.807, 2.05) is 74.6 Å². The van der Waals surface area contributed by atoms with Gasteiger partial charge in [0.15, 0.2) is 11.5 Å². The lowest BCUT2D eigenvalue weighted by Crippen LogP contribution is -2.20. The van der Waals surface area contributed by atoms with E-state index in [4.69, 9.17) is 5.73 Å². The highest BCUT2D eigenvalue weighted by atomic mass is 16.1. The Labute approximate surface area is 160 Å². The molecule has 8 nitrogen and oxygen atoms in total.